The Labute approximate surface area is 210 Å². The summed E-state index contributed by atoms with van der Waals surface area (Å²) in [5, 5.41) is 0. The third kappa shape index (κ3) is 4.35. The van der Waals surface area contributed by atoms with Gasteiger partial charge in [-0.25, -0.2) is 19.2 Å². The van der Waals surface area contributed by atoms with Crippen LogP contribution in [-0.2, 0) is 22.5 Å². The van der Waals surface area contributed by atoms with E-state index in [0.717, 1.165) is 56.9 Å². The van der Waals surface area contributed by atoms with Gasteiger partial charge in [-0.2, -0.15) is 0 Å². The third-order valence-electron chi connectivity index (χ3n) is 6.46. The first-order chi connectivity index (χ1) is 17.4. The first kappa shape index (κ1) is 23.7. The number of esters is 1. The maximum atomic E-state index is 14.2. The van der Waals surface area contributed by atoms with Gasteiger partial charge in [-0.05, 0) is 84.0 Å². The molecule has 182 valence electrons. The molecule has 6 heteroatoms. The molecule has 0 unspecified atom stereocenters. The molecule has 0 spiro atoms. The van der Waals surface area contributed by atoms with E-state index in [-0.39, 0.29) is 12.4 Å². The molecule has 1 aliphatic carbocycles. The largest absolute Gasteiger partial charge is 0.463 e. The number of hydrogen-bond donors (Lipinski definition) is 0. The Morgan fingerprint density at radius 2 is 1.81 bits per heavy atom. The quantitative estimate of drug-likeness (QED) is 0.219. The lowest BCUT2D eigenvalue weighted by Gasteiger charge is -2.14. The Hall–Kier alpha value is -4.06. The highest BCUT2D eigenvalue weighted by atomic mass is 19.1. The monoisotopic (exact) mass is 481 g/mol. The van der Waals surface area contributed by atoms with Gasteiger partial charge in [-0.3, -0.25) is 0 Å². The summed E-state index contributed by atoms with van der Waals surface area (Å²) in [7, 11) is 0. The van der Waals surface area contributed by atoms with E-state index in [9.17, 15) is 9.18 Å². The molecule has 4 aromatic rings. The Bertz CT molecular complexity index is 1560. The van der Waals surface area contributed by atoms with Crippen molar-refractivity contribution in [1.82, 2.24) is 14.5 Å². The van der Waals surface area contributed by atoms with Gasteiger partial charge in [-0.1, -0.05) is 37.3 Å². The van der Waals surface area contributed by atoms with E-state index in [0.29, 0.717) is 17.7 Å². The molecule has 0 fully saturated rings. The molecule has 1 aliphatic rings. The summed E-state index contributed by atoms with van der Waals surface area (Å²) in [5.74, 6) is 0.186. The van der Waals surface area contributed by atoms with Gasteiger partial charge in [-0.15, -0.1) is 0 Å². The molecule has 0 amide bonds. The Morgan fingerprint density at radius 1 is 1.00 bits per heavy atom. The summed E-state index contributed by atoms with van der Waals surface area (Å²) < 4.78 is 21.6. The molecule has 2 heterocycles. The van der Waals surface area contributed by atoms with Crippen molar-refractivity contribution in [3.8, 4) is 0 Å². The van der Waals surface area contributed by atoms with Crippen LogP contribution in [0.15, 0.2) is 48.5 Å². The van der Waals surface area contributed by atoms with Crippen LogP contribution in [0.3, 0.4) is 0 Å². The van der Waals surface area contributed by atoms with Crippen molar-refractivity contribution in [3.05, 3.63) is 99.3 Å². The van der Waals surface area contributed by atoms with Crippen molar-refractivity contribution < 1.29 is 13.9 Å². The van der Waals surface area contributed by atoms with Gasteiger partial charge in [0.25, 0.3) is 0 Å². The molecular weight excluding hydrogens is 453 g/mol. The molecular formula is C30H28FN3O2. The van der Waals surface area contributed by atoms with Crippen molar-refractivity contribution in [3.63, 3.8) is 0 Å². The van der Waals surface area contributed by atoms with Crippen LogP contribution < -0.4 is 0 Å². The molecule has 2 aromatic carbocycles. The second kappa shape index (κ2) is 9.53. The number of imidazole rings is 1. The number of carbonyl (C=O) groups excluding carboxylic acids is 1. The van der Waals surface area contributed by atoms with Crippen LogP contribution in [-0.4, -0.2) is 27.1 Å². The number of nitrogens with zero attached hydrogens (tertiary/aromatic N) is 3. The normalized spacial score (nSPS) is 13.5. The van der Waals surface area contributed by atoms with Crippen LogP contribution in [0.5, 0.6) is 0 Å². The summed E-state index contributed by atoms with van der Waals surface area (Å²) in [6.45, 7) is 8.83. The van der Waals surface area contributed by atoms with E-state index < -0.39 is 5.97 Å². The highest BCUT2D eigenvalue weighted by Gasteiger charge is 2.19. The fourth-order valence-corrected chi connectivity index (χ4v) is 4.85. The smallest absolute Gasteiger partial charge is 0.331 e. The molecule has 0 radical (unpaired) electrons. The van der Waals surface area contributed by atoms with Crippen LogP contribution in [0, 0.1) is 19.7 Å². The lowest BCUT2D eigenvalue weighted by atomic mass is 9.92. The van der Waals surface area contributed by atoms with Gasteiger partial charge in [0.15, 0.2) is 5.65 Å². The SMILES string of the molecule is CCOC(=O)C=C1c2ccc(Cn3c(CC)nc4c(C)cc(C)nc43)cc2C=Cc2ccc(F)cc21. The van der Waals surface area contributed by atoms with Gasteiger partial charge >= 0.3 is 5.97 Å². The maximum Gasteiger partial charge on any atom is 0.331 e. The number of fused-ring (bicyclic) bond motifs is 3. The molecule has 5 nitrogen and oxygen atoms in total. The van der Waals surface area contributed by atoms with Crippen LogP contribution >= 0.6 is 0 Å². The molecule has 5 rings (SSSR count). The standard InChI is InChI=1S/C30H28FN3O2/c1-5-27-33-29-18(3)13-19(4)32-30(29)34(27)17-20-7-12-24-22(14-20)9-8-21-10-11-23(31)15-25(21)26(24)16-28(35)36-6-2/h7-16H,5-6,17H2,1-4H3. The fourth-order valence-electron chi connectivity index (χ4n) is 4.85. The lowest BCUT2D eigenvalue weighted by molar-refractivity contribution is -0.137. The van der Waals surface area contributed by atoms with Gasteiger partial charge < -0.3 is 9.30 Å². The molecule has 0 N–H and O–H groups in total. The number of hydrogen-bond acceptors (Lipinski definition) is 4. The van der Waals surface area contributed by atoms with E-state index in [2.05, 4.69) is 30.5 Å². The average molecular weight is 482 g/mol. The Morgan fingerprint density at radius 3 is 2.58 bits per heavy atom. The van der Waals surface area contributed by atoms with Crippen LogP contribution in [0.1, 0.15) is 58.7 Å². The lowest BCUT2D eigenvalue weighted by Crippen LogP contribution is -2.07. The minimum atomic E-state index is -0.450. The average Bonchev–Trinajstić information content (AvgIpc) is 3.12. The number of benzene rings is 2. The zero-order valence-corrected chi connectivity index (χ0v) is 20.9. The van der Waals surface area contributed by atoms with Gasteiger partial charge in [0, 0.05) is 18.2 Å². The summed E-state index contributed by atoms with van der Waals surface area (Å²) in [6.07, 6.45) is 6.23. The van der Waals surface area contributed by atoms with E-state index in [1.165, 1.54) is 18.2 Å². The van der Waals surface area contributed by atoms with Gasteiger partial charge in [0.1, 0.15) is 17.2 Å². The topological polar surface area (TPSA) is 57.0 Å². The molecule has 0 atom stereocenters. The van der Waals surface area contributed by atoms with E-state index >= 15 is 0 Å². The van der Waals surface area contributed by atoms with Crippen molar-refractivity contribution in [1.29, 1.82) is 0 Å². The predicted octanol–water partition coefficient (Wildman–Crippen LogP) is 6.28. The number of aryl methyl sites for hydroxylation is 3. The Kier molecular flexibility index (Phi) is 6.27. The third-order valence-corrected chi connectivity index (χ3v) is 6.46. The van der Waals surface area contributed by atoms with E-state index in [4.69, 9.17) is 14.7 Å². The van der Waals surface area contributed by atoms with Crippen LogP contribution in [0.4, 0.5) is 4.39 Å². The minimum absolute atomic E-state index is 0.272. The van der Waals surface area contributed by atoms with E-state index in [1.807, 2.05) is 31.2 Å². The highest BCUT2D eigenvalue weighted by molar-refractivity contribution is 6.01. The number of carbonyl (C=O) groups is 1. The first-order valence-corrected chi connectivity index (χ1v) is 12.2. The van der Waals surface area contributed by atoms with E-state index in [1.54, 1.807) is 13.0 Å². The minimum Gasteiger partial charge on any atom is -0.463 e. The molecule has 0 aliphatic heterocycles. The van der Waals surface area contributed by atoms with Crippen molar-refractivity contribution in [2.75, 3.05) is 6.61 Å². The summed E-state index contributed by atoms with van der Waals surface area (Å²) in [6, 6.07) is 12.8. The van der Waals surface area contributed by atoms with Crippen molar-refractivity contribution in [2.45, 2.75) is 40.7 Å². The molecule has 2 aromatic heterocycles. The highest BCUT2D eigenvalue weighted by Crippen LogP contribution is 2.35. The zero-order chi connectivity index (χ0) is 25.4. The first-order valence-electron chi connectivity index (χ1n) is 12.2. The summed E-state index contributed by atoms with van der Waals surface area (Å²) in [5.41, 5.74) is 8.94. The summed E-state index contributed by atoms with van der Waals surface area (Å²) in [4.78, 5) is 22.1. The molecule has 36 heavy (non-hydrogen) atoms. The van der Waals surface area contributed by atoms with Crippen LogP contribution in [0.2, 0.25) is 0 Å². The van der Waals surface area contributed by atoms with Gasteiger partial charge in [0.05, 0.1) is 13.2 Å². The predicted molar refractivity (Wildman–Crippen MR) is 141 cm³/mol. The number of halogens is 1. The zero-order valence-electron chi connectivity index (χ0n) is 20.9. The summed E-state index contributed by atoms with van der Waals surface area (Å²) >= 11 is 0. The van der Waals surface area contributed by atoms with Crippen molar-refractivity contribution in [2.24, 2.45) is 0 Å². The number of rotatable bonds is 5. The van der Waals surface area contributed by atoms with Crippen LogP contribution in [0.25, 0.3) is 28.9 Å². The van der Waals surface area contributed by atoms with Gasteiger partial charge in [0.2, 0.25) is 0 Å². The molecule has 0 bridgehead atoms. The maximum absolute atomic E-state index is 14.2. The number of pyridine rings is 1. The molecule has 0 saturated carbocycles. The van der Waals surface area contributed by atoms with Crippen molar-refractivity contribution >= 4 is 34.9 Å². The molecule has 0 saturated heterocycles. The second-order valence-corrected chi connectivity index (χ2v) is 9.02. The second-order valence-electron chi connectivity index (χ2n) is 9.02. The Balaban J connectivity index is 1.62. The number of aromatic nitrogens is 3. The fraction of sp³-hybridized carbons (Fsp3) is 0.233. The number of ether oxygens (including phenoxy) is 1.